The first kappa shape index (κ1) is 12.6. The lowest BCUT2D eigenvalue weighted by Gasteiger charge is -2.36. The van der Waals surface area contributed by atoms with Crippen LogP contribution in [0.5, 0.6) is 0 Å². The van der Waals surface area contributed by atoms with Crippen LogP contribution in [0, 0.1) is 5.41 Å². The molecule has 1 heterocycles. The van der Waals surface area contributed by atoms with Crippen molar-refractivity contribution in [3.05, 3.63) is 18.0 Å². The van der Waals surface area contributed by atoms with Crippen molar-refractivity contribution in [2.24, 2.45) is 12.5 Å². The van der Waals surface area contributed by atoms with Gasteiger partial charge in [-0.1, -0.05) is 19.8 Å². The molecule has 0 aliphatic heterocycles. The Morgan fingerprint density at radius 3 is 2.65 bits per heavy atom. The van der Waals surface area contributed by atoms with Gasteiger partial charge in [0, 0.05) is 19.3 Å². The second-order valence-corrected chi connectivity index (χ2v) is 5.49. The topological polar surface area (TPSA) is 29.9 Å². The minimum absolute atomic E-state index is 0.518. The molecular weight excluding hydrogens is 210 g/mol. The van der Waals surface area contributed by atoms with Crippen LogP contribution in [0.2, 0.25) is 0 Å². The van der Waals surface area contributed by atoms with E-state index >= 15 is 0 Å². The lowest BCUT2D eigenvalue weighted by molar-refractivity contribution is 0.192. The molecule has 0 aromatic carbocycles. The number of rotatable bonds is 5. The van der Waals surface area contributed by atoms with Gasteiger partial charge in [0.1, 0.15) is 0 Å². The monoisotopic (exact) mass is 235 g/mol. The first-order valence-electron chi connectivity index (χ1n) is 6.85. The summed E-state index contributed by atoms with van der Waals surface area (Å²) < 4.78 is 1.90. The Bertz CT molecular complexity index is 350. The highest BCUT2D eigenvalue weighted by molar-refractivity contribution is 5.09. The highest BCUT2D eigenvalue weighted by Crippen LogP contribution is 2.44. The molecule has 3 nitrogen and oxygen atoms in total. The summed E-state index contributed by atoms with van der Waals surface area (Å²) in [6.07, 6.45) is 12.1. The number of nitrogens with zero attached hydrogens (tertiary/aromatic N) is 2. The second-order valence-electron chi connectivity index (χ2n) is 5.49. The van der Waals surface area contributed by atoms with Gasteiger partial charge >= 0.3 is 0 Å². The van der Waals surface area contributed by atoms with Crippen LogP contribution in [0.25, 0.3) is 0 Å². The maximum absolute atomic E-state index is 4.27. The van der Waals surface area contributed by atoms with Crippen molar-refractivity contribution in [1.82, 2.24) is 15.1 Å². The van der Waals surface area contributed by atoms with Crippen LogP contribution < -0.4 is 5.32 Å². The van der Waals surface area contributed by atoms with Gasteiger partial charge in [0.25, 0.3) is 0 Å². The van der Waals surface area contributed by atoms with Gasteiger partial charge in [0.15, 0.2) is 0 Å². The van der Waals surface area contributed by atoms with Gasteiger partial charge in [-0.25, -0.2) is 0 Å². The van der Waals surface area contributed by atoms with E-state index in [0.29, 0.717) is 11.5 Å². The van der Waals surface area contributed by atoms with E-state index in [1.54, 1.807) is 0 Å². The van der Waals surface area contributed by atoms with E-state index in [9.17, 15) is 0 Å². The fourth-order valence-electron chi connectivity index (χ4n) is 3.47. The van der Waals surface area contributed by atoms with Crippen LogP contribution in [0.15, 0.2) is 12.4 Å². The molecular formula is C14H25N3. The van der Waals surface area contributed by atoms with Crippen molar-refractivity contribution < 1.29 is 0 Å². The molecule has 1 aliphatic carbocycles. The van der Waals surface area contributed by atoms with Gasteiger partial charge in [0.2, 0.25) is 0 Å². The molecule has 1 N–H and O–H groups in total. The largest absolute Gasteiger partial charge is 0.316 e. The molecule has 0 spiro atoms. The zero-order chi connectivity index (χ0) is 12.3. The first-order chi connectivity index (χ1) is 8.20. The summed E-state index contributed by atoms with van der Waals surface area (Å²) in [7, 11) is 4.10. The van der Waals surface area contributed by atoms with Gasteiger partial charge in [-0.15, -0.1) is 0 Å². The third-order valence-electron chi connectivity index (χ3n) is 4.59. The standard InChI is InChI=1S/C14H25N3/c1-4-14(7-5-6-8-14)13(15-2)9-12-10-16-17(3)11-12/h10-11,13,15H,4-9H2,1-3H3. The molecule has 0 radical (unpaired) electrons. The highest BCUT2D eigenvalue weighted by atomic mass is 15.2. The molecule has 96 valence electrons. The van der Waals surface area contributed by atoms with Gasteiger partial charge in [-0.3, -0.25) is 4.68 Å². The molecule has 17 heavy (non-hydrogen) atoms. The Hall–Kier alpha value is -0.830. The zero-order valence-corrected chi connectivity index (χ0v) is 11.4. The molecule has 1 atom stereocenters. The Morgan fingerprint density at radius 2 is 2.18 bits per heavy atom. The summed E-state index contributed by atoms with van der Waals surface area (Å²) in [5.41, 5.74) is 1.87. The van der Waals surface area contributed by atoms with Crippen LogP contribution >= 0.6 is 0 Å². The van der Waals surface area contributed by atoms with Crippen LogP contribution in [0.4, 0.5) is 0 Å². The number of likely N-dealkylation sites (N-methyl/N-ethyl adjacent to an activating group) is 1. The maximum atomic E-state index is 4.27. The molecule has 0 saturated heterocycles. The third kappa shape index (κ3) is 2.54. The summed E-state index contributed by atoms with van der Waals surface area (Å²) in [5.74, 6) is 0. The fourth-order valence-corrected chi connectivity index (χ4v) is 3.47. The SMILES string of the molecule is CCC1(C(Cc2cnn(C)c2)NC)CCCC1. The molecule has 1 unspecified atom stereocenters. The zero-order valence-electron chi connectivity index (χ0n) is 11.4. The first-order valence-corrected chi connectivity index (χ1v) is 6.85. The van der Waals surface area contributed by atoms with E-state index in [-0.39, 0.29) is 0 Å². The molecule has 1 aromatic heterocycles. The van der Waals surface area contributed by atoms with Gasteiger partial charge in [-0.05, 0) is 43.7 Å². The van der Waals surface area contributed by atoms with E-state index < -0.39 is 0 Å². The maximum Gasteiger partial charge on any atom is 0.0522 e. The van der Waals surface area contributed by atoms with E-state index in [4.69, 9.17) is 0 Å². The molecule has 1 aliphatic rings. The summed E-state index contributed by atoms with van der Waals surface area (Å²) in [6.45, 7) is 2.35. The van der Waals surface area contributed by atoms with Gasteiger partial charge in [0.05, 0.1) is 6.20 Å². The second kappa shape index (κ2) is 5.21. The number of hydrogen-bond donors (Lipinski definition) is 1. The number of hydrogen-bond acceptors (Lipinski definition) is 2. The molecule has 2 rings (SSSR count). The highest BCUT2D eigenvalue weighted by Gasteiger charge is 2.38. The Balaban J connectivity index is 2.10. The van der Waals surface area contributed by atoms with E-state index in [1.165, 1.54) is 37.7 Å². The van der Waals surface area contributed by atoms with Crippen molar-refractivity contribution >= 4 is 0 Å². The molecule has 0 amide bonds. The summed E-state index contributed by atoms with van der Waals surface area (Å²) in [5, 5.41) is 7.82. The molecule has 1 saturated carbocycles. The van der Waals surface area contributed by atoms with Gasteiger partial charge in [-0.2, -0.15) is 5.10 Å². The van der Waals surface area contributed by atoms with E-state index in [0.717, 1.165) is 6.42 Å². The fraction of sp³-hybridized carbons (Fsp3) is 0.786. The van der Waals surface area contributed by atoms with Gasteiger partial charge < -0.3 is 5.32 Å². The molecule has 1 fully saturated rings. The predicted molar refractivity (Wildman–Crippen MR) is 71.0 cm³/mol. The lowest BCUT2D eigenvalue weighted by atomic mass is 9.74. The van der Waals surface area contributed by atoms with Crippen LogP contribution in [-0.4, -0.2) is 22.9 Å². The average molecular weight is 235 g/mol. The summed E-state index contributed by atoms with van der Waals surface area (Å²) in [6, 6.07) is 0.596. The Kier molecular flexibility index (Phi) is 3.87. The van der Waals surface area contributed by atoms with Crippen molar-refractivity contribution in [3.63, 3.8) is 0 Å². The number of nitrogens with one attached hydrogen (secondary N) is 1. The van der Waals surface area contributed by atoms with E-state index in [1.807, 2.05) is 17.9 Å². The molecule has 1 aromatic rings. The summed E-state index contributed by atoms with van der Waals surface area (Å²) >= 11 is 0. The van der Waals surface area contributed by atoms with Crippen molar-refractivity contribution in [1.29, 1.82) is 0 Å². The van der Waals surface area contributed by atoms with Crippen LogP contribution in [0.3, 0.4) is 0 Å². The lowest BCUT2D eigenvalue weighted by Crippen LogP contribution is -2.43. The Labute approximate surface area is 105 Å². The summed E-state index contributed by atoms with van der Waals surface area (Å²) in [4.78, 5) is 0. The average Bonchev–Trinajstić information content (AvgIpc) is 2.95. The van der Waals surface area contributed by atoms with Crippen LogP contribution in [-0.2, 0) is 13.5 Å². The molecule has 3 heteroatoms. The van der Waals surface area contributed by atoms with E-state index in [2.05, 4.69) is 30.6 Å². The quantitative estimate of drug-likeness (QED) is 0.850. The smallest absolute Gasteiger partial charge is 0.0522 e. The van der Waals surface area contributed by atoms with Crippen molar-refractivity contribution in [2.45, 2.75) is 51.5 Å². The normalized spacial score (nSPS) is 20.6. The van der Waals surface area contributed by atoms with Crippen molar-refractivity contribution in [3.8, 4) is 0 Å². The predicted octanol–water partition coefficient (Wildman–Crippen LogP) is 2.52. The number of aromatic nitrogens is 2. The molecule has 0 bridgehead atoms. The third-order valence-corrected chi connectivity index (χ3v) is 4.59. The minimum Gasteiger partial charge on any atom is -0.316 e. The van der Waals surface area contributed by atoms with Crippen LogP contribution in [0.1, 0.15) is 44.6 Å². The van der Waals surface area contributed by atoms with Crippen molar-refractivity contribution in [2.75, 3.05) is 7.05 Å². The minimum atomic E-state index is 0.518. The Morgan fingerprint density at radius 1 is 1.47 bits per heavy atom. The number of aryl methyl sites for hydroxylation is 1.